The Morgan fingerprint density at radius 1 is 1.42 bits per heavy atom. The number of rotatable bonds is 8. The van der Waals surface area contributed by atoms with Crippen LogP contribution in [0.25, 0.3) is 0 Å². The second-order valence-electron chi connectivity index (χ2n) is 4.83. The molecular formula is C14H22N4S. The highest BCUT2D eigenvalue weighted by Gasteiger charge is 2.27. The van der Waals surface area contributed by atoms with Crippen LogP contribution in [0.3, 0.4) is 0 Å². The van der Waals surface area contributed by atoms with Crippen LogP contribution in [0.4, 0.5) is 0 Å². The van der Waals surface area contributed by atoms with E-state index in [1.54, 1.807) is 24.2 Å². The first-order valence-electron chi connectivity index (χ1n) is 6.70. The van der Waals surface area contributed by atoms with Crippen molar-refractivity contribution in [2.75, 3.05) is 5.75 Å². The van der Waals surface area contributed by atoms with Crippen molar-refractivity contribution in [1.29, 1.82) is 5.26 Å². The molecule has 0 fully saturated rings. The zero-order valence-electron chi connectivity index (χ0n) is 11.9. The van der Waals surface area contributed by atoms with Gasteiger partial charge in [-0.05, 0) is 39.2 Å². The maximum atomic E-state index is 9.40. The van der Waals surface area contributed by atoms with Gasteiger partial charge >= 0.3 is 0 Å². The van der Waals surface area contributed by atoms with Crippen molar-refractivity contribution >= 4 is 11.8 Å². The van der Waals surface area contributed by atoms with Gasteiger partial charge < -0.3 is 0 Å². The Morgan fingerprint density at radius 3 is 2.63 bits per heavy atom. The number of hydrogen-bond acceptors (Lipinski definition) is 5. The second-order valence-corrected chi connectivity index (χ2v) is 5.89. The summed E-state index contributed by atoms with van der Waals surface area (Å²) < 4.78 is 0. The lowest BCUT2D eigenvalue weighted by Crippen LogP contribution is -2.47. The quantitative estimate of drug-likeness (QED) is 0.450. The zero-order chi connectivity index (χ0) is 14.1. The van der Waals surface area contributed by atoms with E-state index in [1.807, 2.05) is 6.07 Å². The van der Waals surface area contributed by atoms with Gasteiger partial charge in [0.1, 0.15) is 5.54 Å². The minimum absolute atomic E-state index is 0.324. The third-order valence-corrected chi connectivity index (χ3v) is 3.87. The first-order chi connectivity index (χ1) is 9.12. The molecule has 0 saturated heterocycles. The van der Waals surface area contributed by atoms with Gasteiger partial charge in [-0.3, -0.25) is 5.32 Å². The molecule has 4 nitrogen and oxygen atoms in total. The molecule has 1 N–H and O–H groups in total. The summed E-state index contributed by atoms with van der Waals surface area (Å²) in [4.78, 5) is 8.35. The Labute approximate surface area is 120 Å². The Bertz CT molecular complexity index is 402. The van der Waals surface area contributed by atoms with E-state index < -0.39 is 5.54 Å². The van der Waals surface area contributed by atoms with Crippen molar-refractivity contribution in [2.45, 2.75) is 56.8 Å². The SMILES string of the molecule is CCC(C#N)(CCCSc1ncccn1)NC(C)C. The summed E-state index contributed by atoms with van der Waals surface area (Å²) in [6, 6.07) is 4.58. The summed E-state index contributed by atoms with van der Waals surface area (Å²) in [6.45, 7) is 6.22. The van der Waals surface area contributed by atoms with Crippen molar-refractivity contribution in [3.05, 3.63) is 18.5 Å². The number of nitrogens with one attached hydrogen (secondary N) is 1. The average molecular weight is 278 g/mol. The van der Waals surface area contributed by atoms with E-state index in [0.29, 0.717) is 6.04 Å². The predicted molar refractivity (Wildman–Crippen MR) is 78.9 cm³/mol. The number of nitriles is 1. The minimum Gasteiger partial charge on any atom is -0.297 e. The molecule has 0 aliphatic carbocycles. The number of nitrogens with zero attached hydrogens (tertiary/aromatic N) is 3. The molecule has 1 atom stereocenters. The van der Waals surface area contributed by atoms with E-state index in [4.69, 9.17) is 0 Å². The van der Waals surface area contributed by atoms with E-state index in [1.165, 1.54) is 0 Å². The third-order valence-electron chi connectivity index (χ3n) is 2.90. The smallest absolute Gasteiger partial charge is 0.187 e. The lowest BCUT2D eigenvalue weighted by Gasteiger charge is -2.29. The fraction of sp³-hybridized carbons (Fsp3) is 0.643. The van der Waals surface area contributed by atoms with Crippen LogP contribution in [0.15, 0.2) is 23.6 Å². The summed E-state index contributed by atoms with van der Waals surface area (Å²) in [7, 11) is 0. The zero-order valence-corrected chi connectivity index (χ0v) is 12.7. The summed E-state index contributed by atoms with van der Waals surface area (Å²) in [5.41, 5.74) is -0.397. The highest BCUT2D eigenvalue weighted by molar-refractivity contribution is 7.99. The van der Waals surface area contributed by atoms with Crippen molar-refractivity contribution in [3.63, 3.8) is 0 Å². The summed E-state index contributed by atoms with van der Waals surface area (Å²) in [5.74, 6) is 0.938. The second kappa shape index (κ2) is 8.13. The molecule has 104 valence electrons. The van der Waals surface area contributed by atoms with E-state index >= 15 is 0 Å². The molecule has 1 unspecified atom stereocenters. The highest BCUT2D eigenvalue weighted by Crippen LogP contribution is 2.21. The molecule has 0 aliphatic heterocycles. The van der Waals surface area contributed by atoms with Crippen LogP contribution in [0.5, 0.6) is 0 Å². The first-order valence-corrected chi connectivity index (χ1v) is 7.69. The maximum Gasteiger partial charge on any atom is 0.187 e. The van der Waals surface area contributed by atoms with Crippen LogP contribution in [0.1, 0.15) is 40.0 Å². The summed E-state index contributed by atoms with van der Waals surface area (Å²) in [5, 5.41) is 13.6. The summed E-state index contributed by atoms with van der Waals surface area (Å²) >= 11 is 1.64. The largest absolute Gasteiger partial charge is 0.297 e. The van der Waals surface area contributed by atoms with Gasteiger partial charge in [-0.2, -0.15) is 5.26 Å². The van der Waals surface area contributed by atoms with Crippen molar-refractivity contribution in [1.82, 2.24) is 15.3 Å². The van der Waals surface area contributed by atoms with Gasteiger partial charge in [0.15, 0.2) is 5.16 Å². The molecule has 0 radical (unpaired) electrons. The van der Waals surface area contributed by atoms with E-state index in [-0.39, 0.29) is 0 Å². The molecule has 0 aliphatic rings. The van der Waals surface area contributed by atoms with Crippen molar-refractivity contribution in [3.8, 4) is 6.07 Å². The third kappa shape index (κ3) is 5.58. The molecule has 0 spiro atoms. The molecule has 5 heteroatoms. The molecule has 0 bridgehead atoms. The van der Waals surface area contributed by atoms with Crippen LogP contribution in [-0.4, -0.2) is 27.3 Å². The Morgan fingerprint density at radius 2 is 2.11 bits per heavy atom. The molecule has 19 heavy (non-hydrogen) atoms. The normalized spacial score (nSPS) is 14.1. The van der Waals surface area contributed by atoms with E-state index in [9.17, 15) is 5.26 Å². The van der Waals surface area contributed by atoms with Gasteiger partial charge in [0.2, 0.25) is 0 Å². The monoisotopic (exact) mass is 278 g/mol. The Hall–Kier alpha value is -1.12. The Kier molecular flexibility index (Phi) is 6.82. The topological polar surface area (TPSA) is 61.6 Å². The number of hydrogen-bond donors (Lipinski definition) is 1. The lowest BCUT2D eigenvalue weighted by atomic mass is 9.91. The van der Waals surface area contributed by atoms with Crippen LogP contribution < -0.4 is 5.32 Å². The molecule has 0 aromatic carbocycles. The number of aromatic nitrogens is 2. The molecular weight excluding hydrogens is 256 g/mol. The number of thioether (sulfide) groups is 1. The minimum atomic E-state index is -0.397. The van der Waals surface area contributed by atoms with Gasteiger partial charge in [-0.15, -0.1) is 0 Å². The van der Waals surface area contributed by atoms with Crippen LogP contribution in [0, 0.1) is 11.3 Å². The first kappa shape index (κ1) is 15.9. The van der Waals surface area contributed by atoms with Gasteiger partial charge in [0.25, 0.3) is 0 Å². The molecule has 0 saturated carbocycles. The van der Waals surface area contributed by atoms with Gasteiger partial charge in [0.05, 0.1) is 6.07 Å². The maximum absolute atomic E-state index is 9.40. The molecule has 1 aromatic rings. The fourth-order valence-corrected chi connectivity index (χ4v) is 2.71. The van der Waals surface area contributed by atoms with Crippen LogP contribution >= 0.6 is 11.8 Å². The highest BCUT2D eigenvalue weighted by atomic mass is 32.2. The molecule has 0 amide bonds. The molecule has 1 heterocycles. The Balaban J connectivity index is 2.39. The van der Waals surface area contributed by atoms with Gasteiger partial charge in [-0.25, -0.2) is 9.97 Å². The van der Waals surface area contributed by atoms with E-state index in [0.717, 1.165) is 30.2 Å². The van der Waals surface area contributed by atoms with Gasteiger partial charge in [-0.1, -0.05) is 18.7 Å². The molecule has 1 rings (SSSR count). The van der Waals surface area contributed by atoms with Crippen LogP contribution in [-0.2, 0) is 0 Å². The van der Waals surface area contributed by atoms with Crippen molar-refractivity contribution < 1.29 is 0 Å². The lowest BCUT2D eigenvalue weighted by molar-refractivity contribution is 0.341. The molecule has 1 aromatic heterocycles. The van der Waals surface area contributed by atoms with Gasteiger partial charge in [0, 0.05) is 24.2 Å². The predicted octanol–water partition coefficient (Wildman–Crippen LogP) is 3.02. The average Bonchev–Trinajstić information content (AvgIpc) is 2.43. The van der Waals surface area contributed by atoms with E-state index in [2.05, 4.69) is 42.1 Å². The summed E-state index contributed by atoms with van der Waals surface area (Å²) in [6.07, 6.45) is 6.17. The van der Waals surface area contributed by atoms with Crippen LogP contribution in [0.2, 0.25) is 0 Å². The standard InChI is InChI=1S/C14H22N4S/c1-4-14(11-15,18-12(2)3)7-5-10-19-13-16-8-6-9-17-13/h6,8-9,12,18H,4-5,7,10H2,1-3H3. The van der Waals surface area contributed by atoms with Crippen molar-refractivity contribution in [2.24, 2.45) is 0 Å². The fourth-order valence-electron chi connectivity index (χ4n) is 1.97.